The lowest BCUT2D eigenvalue weighted by Gasteiger charge is -2.36. The van der Waals surface area contributed by atoms with E-state index in [0.29, 0.717) is 38.6 Å². The van der Waals surface area contributed by atoms with Crippen LogP contribution in [0.15, 0.2) is 30.3 Å². The van der Waals surface area contributed by atoms with Gasteiger partial charge in [0.1, 0.15) is 0 Å². The number of carbonyl (C=O) groups excluding carboxylic acids is 2. The molecule has 0 bridgehead atoms. The number of nitrogens with zero attached hydrogens (tertiary/aromatic N) is 2. The summed E-state index contributed by atoms with van der Waals surface area (Å²) in [5.41, 5.74) is 1.06. The number of rotatable bonds is 3. The molecule has 140 valence electrons. The van der Waals surface area contributed by atoms with Crippen molar-refractivity contribution in [2.75, 3.05) is 39.4 Å². The van der Waals surface area contributed by atoms with E-state index in [2.05, 4.69) is 0 Å². The number of likely N-dealkylation sites (tertiary alicyclic amines) is 1. The highest BCUT2D eigenvalue weighted by atomic mass is 16.5. The third kappa shape index (κ3) is 3.37. The Kier molecular flexibility index (Phi) is 4.98. The molecule has 3 fully saturated rings. The molecule has 0 aromatic heterocycles. The maximum atomic E-state index is 13.1. The van der Waals surface area contributed by atoms with Gasteiger partial charge in [0.25, 0.3) is 0 Å². The van der Waals surface area contributed by atoms with Crippen molar-refractivity contribution >= 4 is 11.8 Å². The molecule has 1 aromatic rings. The van der Waals surface area contributed by atoms with Gasteiger partial charge in [-0.15, -0.1) is 0 Å². The smallest absolute Gasteiger partial charge is 0.227 e. The molecule has 1 saturated carbocycles. The van der Waals surface area contributed by atoms with Crippen LogP contribution < -0.4 is 0 Å². The van der Waals surface area contributed by atoms with Crippen LogP contribution in [-0.4, -0.2) is 61.0 Å². The number of benzene rings is 1. The molecule has 4 rings (SSSR count). The zero-order valence-corrected chi connectivity index (χ0v) is 15.4. The molecule has 0 unspecified atom stereocenters. The lowest BCUT2D eigenvalue weighted by Crippen LogP contribution is -2.47. The zero-order chi connectivity index (χ0) is 18.0. The Balaban J connectivity index is 1.42. The Morgan fingerprint density at radius 2 is 1.81 bits per heavy atom. The molecule has 2 aliphatic heterocycles. The minimum absolute atomic E-state index is 0.00172. The van der Waals surface area contributed by atoms with Crippen LogP contribution in [0.1, 0.15) is 31.2 Å². The molecular formula is C21H28N2O3. The SMILES string of the molecule is O=C(Cc1ccccc1)N1CC[C@]2(CCC[C@@H]2C(=O)N2CCOCC2)C1. The van der Waals surface area contributed by atoms with E-state index >= 15 is 0 Å². The summed E-state index contributed by atoms with van der Waals surface area (Å²) in [5, 5.41) is 0. The van der Waals surface area contributed by atoms with E-state index < -0.39 is 0 Å². The van der Waals surface area contributed by atoms with E-state index in [9.17, 15) is 9.59 Å². The Bertz CT molecular complexity index is 656. The van der Waals surface area contributed by atoms with Crippen LogP contribution in [0.2, 0.25) is 0 Å². The molecule has 2 saturated heterocycles. The predicted molar refractivity (Wildman–Crippen MR) is 98.5 cm³/mol. The molecule has 5 heteroatoms. The zero-order valence-electron chi connectivity index (χ0n) is 15.4. The first-order chi connectivity index (χ1) is 12.7. The summed E-state index contributed by atoms with van der Waals surface area (Å²) in [6, 6.07) is 9.93. The molecule has 0 radical (unpaired) electrons. The first-order valence-electron chi connectivity index (χ1n) is 9.86. The molecule has 0 N–H and O–H groups in total. The van der Waals surface area contributed by atoms with Gasteiger partial charge in [0.15, 0.2) is 0 Å². The summed E-state index contributed by atoms with van der Waals surface area (Å²) in [5.74, 6) is 0.566. The summed E-state index contributed by atoms with van der Waals surface area (Å²) >= 11 is 0. The number of ether oxygens (including phenoxy) is 1. The second kappa shape index (κ2) is 7.39. The Labute approximate surface area is 155 Å². The standard InChI is InChI=1S/C21H28N2O3/c24-19(15-17-5-2-1-3-6-17)23-10-9-21(16-23)8-4-7-18(21)20(25)22-11-13-26-14-12-22/h1-3,5-6,18H,4,7-16H2/t18-,21-/m1/s1. The van der Waals surface area contributed by atoms with Gasteiger partial charge in [0, 0.05) is 37.5 Å². The third-order valence-electron chi connectivity index (χ3n) is 6.46. The lowest BCUT2D eigenvalue weighted by molar-refractivity contribution is -0.143. The number of hydrogen-bond donors (Lipinski definition) is 0. The fourth-order valence-electron chi connectivity index (χ4n) is 5.01. The maximum absolute atomic E-state index is 13.1. The minimum Gasteiger partial charge on any atom is -0.378 e. The molecule has 5 nitrogen and oxygen atoms in total. The average Bonchev–Trinajstić information content (AvgIpc) is 3.30. The van der Waals surface area contributed by atoms with Crippen molar-refractivity contribution < 1.29 is 14.3 Å². The summed E-state index contributed by atoms with van der Waals surface area (Å²) in [7, 11) is 0. The monoisotopic (exact) mass is 356 g/mol. The van der Waals surface area contributed by atoms with Crippen LogP contribution >= 0.6 is 0 Å². The van der Waals surface area contributed by atoms with E-state index in [1.54, 1.807) is 0 Å². The molecule has 2 atom stereocenters. The second-order valence-electron chi connectivity index (χ2n) is 7.97. The van der Waals surface area contributed by atoms with Gasteiger partial charge in [-0.25, -0.2) is 0 Å². The number of carbonyl (C=O) groups is 2. The van der Waals surface area contributed by atoms with Crippen molar-refractivity contribution in [3.05, 3.63) is 35.9 Å². The largest absolute Gasteiger partial charge is 0.378 e. The fourth-order valence-corrected chi connectivity index (χ4v) is 5.01. The summed E-state index contributed by atoms with van der Waals surface area (Å²) in [6.07, 6.45) is 4.56. The van der Waals surface area contributed by atoms with Crippen molar-refractivity contribution in [2.45, 2.75) is 32.1 Å². The predicted octanol–water partition coefficient (Wildman–Crippen LogP) is 2.11. The summed E-state index contributed by atoms with van der Waals surface area (Å²) < 4.78 is 5.39. The average molecular weight is 356 g/mol. The Morgan fingerprint density at radius 3 is 2.58 bits per heavy atom. The van der Waals surface area contributed by atoms with Gasteiger partial charge in [0.05, 0.1) is 19.6 Å². The molecule has 3 aliphatic rings. The van der Waals surface area contributed by atoms with E-state index in [1.807, 2.05) is 40.1 Å². The van der Waals surface area contributed by atoms with Crippen LogP contribution in [0, 0.1) is 11.3 Å². The topological polar surface area (TPSA) is 49.9 Å². The van der Waals surface area contributed by atoms with Crippen LogP contribution in [0.5, 0.6) is 0 Å². The minimum atomic E-state index is 0.00172. The third-order valence-corrected chi connectivity index (χ3v) is 6.46. The molecule has 26 heavy (non-hydrogen) atoms. The first kappa shape index (κ1) is 17.5. The summed E-state index contributed by atoms with van der Waals surface area (Å²) in [4.78, 5) is 29.8. The van der Waals surface area contributed by atoms with E-state index in [0.717, 1.165) is 44.3 Å². The van der Waals surface area contributed by atoms with Gasteiger partial charge < -0.3 is 14.5 Å². The lowest BCUT2D eigenvalue weighted by atomic mass is 9.76. The molecule has 2 amide bonds. The van der Waals surface area contributed by atoms with E-state index in [-0.39, 0.29) is 17.2 Å². The van der Waals surface area contributed by atoms with Crippen molar-refractivity contribution in [1.82, 2.24) is 9.80 Å². The molecule has 1 aliphatic carbocycles. The Morgan fingerprint density at radius 1 is 1.04 bits per heavy atom. The summed E-state index contributed by atoms with van der Waals surface area (Å²) in [6.45, 7) is 4.25. The molecular weight excluding hydrogens is 328 g/mol. The number of morpholine rings is 1. The highest BCUT2D eigenvalue weighted by Gasteiger charge is 2.52. The van der Waals surface area contributed by atoms with Crippen molar-refractivity contribution in [1.29, 1.82) is 0 Å². The maximum Gasteiger partial charge on any atom is 0.227 e. The normalized spacial score (nSPS) is 28.7. The van der Waals surface area contributed by atoms with Crippen LogP contribution in [0.25, 0.3) is 0 Å². The second-order valence-corrected chi connectivity index (χ2v) is 7.97. The first-order valence-corrected chi connectivity index (χ1v) is 9.86. The highest BCUT2D eigenvalue weighted by Crippen LogP contribution is 2.50. The van der Waals surface area contributed by atoms with Gasteiger partial charge in [-0.2, -0.15) is 0 Å². The van der Waals surface area contributed by atoms with Crippen molar-refractivity contribution in [3.8, 4) is 0 Å². The van der Waals surface area contributed by atoms with Crippen LogP contribution in [0.3, 0.4) is 0 Å². The van der Waals surface area contributed by atoms with Gasteiger partial charge >= 0.3 is 0 Å². The fraction of sp³-hybridized carbons (Fsp3) is 0.619. The quantitative estimate of drug-likeness (QED) is 0.833. The molecule has 2 heterocycles. The van der Waals surface area contributed by atoms with Gasteiger partial charge in [-0.1, -0.05) is 36.8 Å². The van der Waals surface area contributed by atoms with Crippen molar-refractivity contribution in [2.24, 2.45) is 11.3 Å². The van der Waals surface area contributed by atoms with Crippen LogP contribution in [0.4, 0.5) is 0 Å². The van der Waals surface area contributed by atoms with E-state index in [1.165, 1.54) is 0 Å². The van der Waals surface area contributed by atoms with E-state index in [4.69, 9.17) is 4.74 Å². The highest BCUT2D eigenvalue weighted by molar-refractivity contribution is 5.82. The molecule has 1 aromatic carbocycles. The van der Waals surface area contributed by atoms with Crippen LogP contribution in [-0.2, 0) is 20.7 Å². The molecule has 1 spiro atoms. The number of amides is 2. The Hall–Kier alpha value is -1.88. The number of hydrogen-bond acceptors (Lipinski definition) is 3. The van der Waals surface area contributed by atoms with Gasteiger partial charge in [-0.3, -0.25) is 9.59 Å². The van der Waals surface area contributed by atoms with Crippen molar-refractivity contribution in [3.63, 3.8) is 0 Å². The van der Waals surface area contributed by atoms with Gasteiger partial charge in [0.2, 0.25) is 11.8 Å². The van der Waals surface area contributed by atoms with Gasteiger partial charge in [-0.05, 0) is 24.8 Å².